The van der Waals surface area contributed by atoms with Gasteiger partial charge in [-0.05, 0) is 55.8 Å². The number of nitrogens with zero attached hydrogens (tertiary/aromatic N) is 1. The number of nitrogens with two attached hydrogens (primary N) is 1. The minimum atomic E-state index is -0.619. The third kappa shape index (κ3) is 5.36. The zero-order chi connectivity index (χ0) is 21.7. The van der Waals surface area contributed by atoms with Crippen molar-refractivity contribution in [3.63, 3.8) is 0 Å². The van der Waals surface area contributed by atoms with Crippen molar-refractivity contribution in [2.24, 2.45) is 5.92 Å². The highest BCUT2D eigenvalue weighted by molar-refractivity contribution is 5.89. The fourth-order valence-corrected chi connectivity index (χ4v) is 3.88. The summed E-state index contributed by atoms with van der Waals surface area (Å²) < 4.78 is 0. The number of nitrogens with one attached hydrogen (secondary N) is 3. The summed E-state index contributed by atoms with van der Waals surface area (Å²) >= 11 is 0. The van der Waals surface area contributed by atoms with Crippen LogP contribution in [0.2, 0.25) is 0 Å². The van der Waals surface area contributed by atoms with Crippen LogP contribution in [0.5, 0.6) is 0 Å². The Balaban J connectivity index is 1.47. The molecule has 4 atom stereocenters. The molecule has 1 aromatic heterocycles. The number of aryl methyl sites for hydroxylation is 1. The number of hydrogen-bond acceptors (Lipinski definition) is 5. The number of carbonyl (C=O) groups excluding carboxylic acids is 2. The largest absolute Gasteiger partial charge is 0.384 e. The highest BCUT2D eigenvalue weighted by Crippen LogP contribution is 2.30. The molecule has 1 aliphatic heterocycles. The van der Waals surface area contributed by atoms with E-state index in [4.69, 9.17) is 5.73 Å². The molecule has 0 saturated carbocycles. The predicted octanol–water partition coefficient (Wildman–Crippen LogP) is 1.87. The summed E-state index contributed by atoms with van der Waals surface area (Å²) in [7, 11) is 0. The van der Waals surface area contributed by atoms with E-state index in [9.17, 15) is 9.59 Å². The Morgan fingerprint density at radius 2 is 1.93 bits per heavy atom. The first-order valence-corrected chi connectivity index (χ1v) is 10.4. The fourth-order valence-electron chi connectivity index (χ4n) is 3.88. The molecule has 7 heteroatoms. The van der Waals surface area contributed by atoms with Crippen molar-refractivity contribution in [3.8, 4) is 0 Å². The number of benzene rings is 1. The predicted molar refractivity (Wildman–Crippen MR) is 118 cm³/mol. The third-order valence-corrected chi connectivity index (χ3v) is 5.94. The van der Waals surface area contributed by atoms with E-state index in [1.807, 2.05) is 31.2 Å². The van der Waals surface area contributed by atoms with Gasteiger partial charge in [0.2, 0.25) is 11.8 Å². The van der Waals surface area contributed by atoms with Crippen molar-refractivity contribution >= 4 is 17.6 Å². The average Bonchev–Trinajstić information content (AvgIpc) is 3.23. The van der Waals surface area contributed by atoms with Crippen molar-refractivity contribution in [3.05, 3.63) is 59.3 Å². The molecule has 160 valence electrons. The van der Waals surface area contributed by atoms with Crippen molar-refractivity contribution in [1.29, 1.82) is 0 Å². The summed E-state index contributed by atoms with van der Waals surface area (Å²) in [6, 6.07) is 13.0. The number of pyridine rings is 1. The van der Waals surface area contributed by atoms with Crippen molar-refractivity contribution in [1.82, 2.24) is 20.9 Å². The van der Waals surface area contributed by atoms with Gasteiger partial charge in [0.1, 0.15) is 11.9 Å². The molecule has 0 aliphatic carbocycles. The molecule has 1 fully saturated rings. The Morgan fingerprint density at radius 1 is 1.20 bits per heavy atom. The monoisotopic (exact) mass is 409 g/mol. The van der Waals surface area contributed by atoms with Crippen LogP contribution in [0.25, 0.3) is 0 Å². The maximum absolute atomic E-state index is 12.7. The Morgan fingerprint density at radius 3 is 2.63 bits per heavy atom. The molecule has 30 heavy (non-hydrogen) atoms. The smallest absolute Gasteiger partial charge is 0.242 e. The van der Waals surface area contributed by atoms with Gasteiger partial charge in [0.05, 0.1) is 6.04 Å². The molecule has 0 bridgehead atoms. The molecule has 1 aromatic carbocycles. The minimum Gasteiger partial charge on any atom is -0.384 e. The van der Waals surface area contributed by atoms with Gasteiger partial charge in [-0.2, -0.15) is 0 Å². The van der Waals surface area contributed by atoms with Crippen LogP contribution in [-0.4, -0.2) is 35.4 Å². The molecule has 3 rings (SSSR count). The first-order valence-electron chi connectivity index (χ1n) is 10.4. The van der Waals surface area contributed by atoms with E-state index in [0.717, 1.165) is 24.2 Å². The van der Waals surface area contributed by atoms with Gasteiger partial charge in [0.15, 0.2) is 0 Å². The Bertz CT molecular complexity index is 886. The summed E-state index contributed by atoms with van der Waals surface area (Å²) in [5.74, 6) is 0.840. The first-order chi connectivity index (χ1) is 14.3. The van der Waals surface area contributed by atoms with E-state index < -0.39 is 6.04 Å². The highest BCUT2D eigenvalue weighted by atomic mass is 16.2. The number of aromatic nitrogens is 1. The standard InChI is InChI=1S/C23H31N5O2/c1-14(17-7-5-4-6-8-17)19-11-20(25-13-19)23(30)28-16(3)22(29)26-12-18-9-10-21(24)27-15(18)2/h4-10,14,16,19-20,25H,11-13H2,1-3H3,(H2,24,27)(H,26,29)(H,28,30)/t14?,16?,19-,20-/m1/s1. The van der Waals surface area contributed by atoms with Crippen LogP contribution in [0.1, 0.15) is 43.0 Å². The second kappa shape index (κ2) is 9.71. The molecular weight excluding hydrogens is 378 g/mol. The topological polar surface area (TPSA) is 109 Å². The van der Waals surface area contributed by atoms with Crippen LogP contribution < -0.4 is 21.7 Å². The summed E-state index contributed by atoms with van der Waals surface area (Å²) in [6.07, 6.45) is 0.756. The van der Waals surface area contributed by atoms with Gasteiger partial charge in [0, 0.05) is 12.2 Å². The number of hydrogen-bond donors (Lipinski definition) is 4. The summed E-state index contributed by atoms with van der Waals surface area (Å²) in [6.45, 7) is 6.88. The third-order valence-electron chi connectivity index (χ3n) is 5.94. The normalized spacial score (nSPS) is 20.4. The van der Waals surface area contributed by atoms with Crippen LogP contribution in [0.3, 0.4) is 0 Å². The van der Waals surface area contributed by atoms with Crippen molar-refractivity contribution in [2.45, 2.75) is 51.7 Å². The Kier molecular flexibility index (Phi) is 7.05. The van der Waals surface area contributed by atoms with Gasteiger partial charge in [-0.15, -0.1) is 0 Å². The number of nitrogen functional groups attached to an aromatic ring is 1. The van der Waals surface area contributed by atoms with E-state index in [-0.39, 0.29) is 17.9 Å². The van der Waals surface area contributed by atoms with Gasteiger partial charge in [-0.3, -0.25) is 9.59 Å². The highest BCUT2D eigenvalue weighted by Gasteiger charge is 2.33. The van der Waals surface area contributed by atoms with E-state index >= 15 is 0 Å². The molecule has 2 amide bonds. The van der Waals surface area contributed by atoms with Gasteiger partial charge in [-0.25, -0.2) is 4.98 Å². The lowest BCUT2D eigenvalue weighted by Gasteiger charge is -2.20. The van der Waals surface area contributed by atoms with Crippen molar-refractivity contribution in [2.75, 3.05) is 12.3 Å². The number of amides is 2. The summed E-state index contributed by atoms with van der Waals surface area (Å²) in [5, 5.41) is 8.99. The number of anilines is 1. The van der Waals surface area contributed by atoms with E-state index in [0.29, 0.717) is 24.2 Å². The Labute approximate surface area is 177 Å². The van der Waals surface area contributed by atoms with Crippen molar-refractivity contribution < 1.29 is 9.59 Å². The fraction of sp³-hybridized carbons (Fsp3) is 0.435. The van der Waals surface area contributed by atoms with Crippen LogP contribution in [0.4, 0.5) is 5.82 Å². The second-order valence-electron chi connectivity index (χ2n) is 8.08. The lowest BCUT2D eigenvalue weighted by atomic mass is 9.86. The lowest BCUT2D eigenvalue weighted by Crippen LogP contribution is -2.50. The molecule has 0 radical (unpaired) electrons. The van der Waals surface area contributed by atoms with Crippen LogP contribution >= 0.6 is 0 Å². The zero-order valence-electron chi connectivity index (χ0n) is 17.8. The lowest BCUT2D eigenvalue weighted by molar-refractivity contribution is -0.129. The number of carbonyl (C=O) groups is 2. The first kappa shape index (κ1) is 21.8. The van der Waals surface area contributed by atoms with Crippen LogP contribution in [-0.2, 0) is 16.1 Å². The molecule has 5 N–H and O–H groups in total. The van der Waals surface area contributed by atoms with E-state index in [1.54, 1.807) is 13.0 Å². The SMILES string of the molecule is Cc1nc(N)ccc1CNC(=O)C(C)NC(=O)[C@H]1C[C@@H](C(C)c2ccccc2)CN1. The average molecular weight is 410 g/mol. The zero-order valence-corrected chi connectivity index (χ0v) is 17.8. The molecule has 1 aliphatic rings. The van der Waals surface area contributed by atoms with Crippen LogP contribution in [0, 0.1) is 12.8 Å². The molecule has 2 unspecified atom stereocenters. The van der Waals surface area contributed by atoms with Gasteiger partial charge < -0.3 is 21.7 Å². The number of rotatable bonds is 7. The molecule has 2 aromatic rings. The van der Waals surface area contributed by atoms with Gasteiger partial charge in [0.25, 0.3) is 0 Å². The molecule has 7 nitrogen and oxygen atoms in total. The van der Waals surface area contributed by atoms with Gasteiger partial charge in [-0.1, -0.05) is 43.3 Å². The molecule has 0 spiro atoms. The molecule has 1 saturated heterocycles. The maximum Gasteiger partial charge on any atom is 0.242 e. The summed E-state index contributed by atoms with van der Waals surface area (Å²) in [4.78, 5) is 29.3. The van der Waals surface area contributed by atoms with E-state index in [1.165, 1.54) is 5.56 Å². The quantitative estimate of drug-likeness (QED) is 0.558. The Hall–Kier alpha value is -2.93. The summed E-state index contributed by atoms with van der Waals surface area (Å²) in [5.41, 5.74) is 8.61. The maximum atomic E-state index is 12.7. The minimum absolute atomic E-state index is 0.134. The molecular formula is C23H31N5O2. The second-order valence-corrected chi connectivity index (χ2v) is 8.08. The molecule has 2 heterocycles. The van der Waals surface area contributed by atoms with Crippen LogP contribution in [0.15, 0.2) is 42.5 Å². The van der Waals surface area contributed by atoms with Gasteiger partial charge >= 0.3 is 0 Å². The van der Waals surface area contributed by atoms with E-state index in [2.05, 4.69) is 40.0 Å².